The Hall–Kier alpha value is -3.05. The first kappa shape index (κ1) is 19.3. The average molecular weight is 407 g/mol. The second-order valence-electron chi connectivity index (χ2n) is 7.24. The maximum Gasteiger partial charge on any atom is 0.255 e. The number of benzene rings is 2. The van der Waals surface area contributed by atoms with E-state index in [9.17, 15) is 4.79 Å². The van der Waals surface area contributed by atoms with Crippen molar-refractivity contribution in [3.05, 3.63) is 87.8 Å². The molecule has 0 aliphatic carbocycles. The summed E-state index contributed by atoms with van der Waals surface area (Å²) in [5.74, 6) is -0.203. The fourth-order valence-corrected chi connectivity index (χ4v) is 4.18. The summed E-state index contributed by atoms with van der Waals surface area (Å²) in [4.78, 5) is 16.3. The molecule has 5 nitrogen and oxygen atoms in total. The van der Waals surface area contributed by atoms with Crippen LogP contribution < -0.4 is 5.32 Å². The minimum absolute atomic E-state index is 0.0823. The number of rotatable bonds is 5. The topological polar surface area (TPSA) is 62.7 Å². The number of carbonyl (C=O) groups is 1. The molecular formula is C23H23ClN4O. The highest BCUT2D eigenvalue weighted by Gasteiger charge is 2.23. The molecule has 0 unspecified atom stereocenters. The van der Waals surface area contributed by atoms with Gasteiger partial charge in [-0.3, -0.25) is 9.48 Å². The maximum atomic E-state index is 12.9. The number of para-hydroxylation sites is 1. The summed E-state index contributed by atoms with van der Waals surface area (Å²) >= 11 is 6.54. The van der Waals surface area contributed by atoms with Crippen molar-refractivity contribution in [2.75, 3.05) is 6.54 Å². The number of hydrogen-bond acceptors (Lipinski definition) is 2. The normalized spacial score (nSPS) is 12.3. The zero-order valence-electron chi connectivity index (χ0n) is 16.7. The number of aromatic nitrogens is 3. The lowest BCUT2D eigenvalue weighted by Gasteiger charge is -2.19. The summed E-state index contributed by atoms with van der Waals surface area (Å²) in [6.07, 6.45) is 2.01. The number of fused-ring (bicyclic) bond motifs is 1. The van der Waals surface area contributed by atoms with Crippen LogP contribution in [0.15, 0.2) is 54.7 Å². The summed E-state index contributed by atoms with van der Waals surface area (Å²) in [6, 6.07) is 15.9. The summed E-state index contributed by atoms with van der Waals surface area (Å²) in [7, 11) is 1.84. The van der Waals surface area contributed by atoms with Crippen molar-refractivity contribution in [2.45, 2.75) is 19.8 Å². The van der Waals surface area contributed by atoms with E-state index in [2.05, 4.69) is 21.5 Å². The second-order valence-corrected chi connectivity index (χ2v) is 7.65. The number of nitrogens with zero attached hydrogens (tertiary/aromatic N) is 2. The zero-order valence-corrected chi connectivity index (χ0v) is 17.4. The molecule has 0 saturated carbocycles. The first-order valence-electron chi connectivity index (χ1n) is 9.56. The van der Waals surface area contributed by atoms with E-state index < -0.39 is 0 Å². The van der Waals surface area contributed by atoms with Gasteiger partial charge in [0.1, 0.15) is 0 Å². The summed E-state index contributed by atoms with van der Waals surface area (Å²) < 4.78 is 1.73. The molecule has 0 aliphatic rings. The van der Waals surface area contributed by atoms with Crippen molar-refractivity contribution in [1.29, 1.82) is 0 Å². The van der Waals surface area contributed by atoms with Gasteiger partial charge in [-0.1, -0.05) is 48.0 Å². The molecule has 4 aromatic rings. The van der Waals surface area contributed by atoms with Gasteiger partial charge in [-0.05, 0) is 37.1 Å². The van der Waals surface area contributed by atoms with E-state index in [1.165, 1.54) is 0 Å². The van der Waals surface area contributed by atoms with E-state index in [-0.39, 0.29) is 11.8 Å². The Labute approximate surface area is 174 Å². The molecule has 2 aromatic heterocycles. The molecule has 0 spiro atoms. The molecule has 0 saturated heterocycles. The number of hydrogen-bond donors (Lipinski definition) is 2. The van der Waals surface area contributed by atoms with Crippen molar-refractivity contribution in [3.8, 4) is 0 Å². The lowest BCUT2D eigenvalue weighted by atomic mass is 9.90. The monoisotopic (exact) mass is 406 g/mol. The second kappa shape index (κ2) is 7.76. The van der Waals surface area contributed by atoms with Crippen LogP contribution in [0.4, 0.5) is 0 Å². The Balaban J connectivity index is 1.70. The molecule has 2 aromatic carbocycles. The highest BCUT2D eigenvalue weighted by Crippen LogP contribution is 2.34. The van der Waals surface area contributed by atoms with Crippen LogP contribution in [-0.2, 0) is 7.05 Å². The van der Waals surface area contributed by atoms with Crippen LogP contribution >= 0.6 is 11.6 Å². The van der Waals surface area contributed by atoms with Gasteiger partial charge < -0.3 is 10.3 Å². The third-order valence-electron chi connectivity index (χ3n) is 5.48. The van der Waals surface area contributed by atoms with Crippen LogP contribution in [-0.4, -0.2) is 27.2 Å². The predicted molar refractivity (Wildman–Crippen MR) is 117 cm³/mol. The van der Waals surface area contributed by atoms with Gasteiger partial charge in [-0.15, -0.1) is 0 Å². The van der Waals surface area contributed by atoms with Gasteiger partial charge in [0, 0.05) is 47.3 Å². The third-order valence-corrected chi connectivity index (χ3v) is 5.82. The summed E-state index contributed by atoms with van der Waals surface area (Å²) in [5.41, 5.74) is 5.35. The van der Waals surface area contributed by atoms with E-state index in [4.69, 9.17) is 11.6 Å². The Morgan fingerprint density at radius 3 is 2.59 bits per heavy atom. The van der Waals surface area contributed by atoms with Crippen molar-refractivity contribution < 1.29 is 4.79 Å². The van der Waals surface area contributed by atoms with E-state index in [1.807, 2.05) is 69.6 Å². The number of aryl methyl sites for hydroxylation is 2. The van der Waals surface area contributed by atoms with E-state index in [0.717, 1.165) is 33.4 Å². The van der Waals surface area contributed by atoms with Crippen molar-refractivity contribution in [3.63, 3.8) is 0 Å². The highest BCUT2D eigenvalue weighted by molar-refractivity contribution is 6.31. The zero-order chi connectivity index (χ0) is 20.5. The first-order chi connectivity index (χ1) is 14.0. The maximum absolute atomic E-state index is 12.9. The first-order valence-corrected chi connectivity index (χ1v) is 9.94. The largest absolute Gasteiger partial charge is 0.361 e. The van der Waals surface area contributed by atoms with Crippen LogP contribution in [0.3, 0.4) is 0 Å². The molecule has 0 aliphatic heterocycles. The summed E-state index contributed by atoms with van der Waals surface area (Å²) in [6.45, 7) is 4.19. The summed E-state index contributed by atoms with van der Waals surface area (Å²) in [5, 5.41) is 9.27. The third kappa shape index (κ3) is 3.54. The van der Waals surface area contributed by atoms with Gasteiger partial charge >= 0.3 is 0 Å². The van der Waals surface area contributed by atoms with E-state index in [0.29, 0.717) is 17.1 Å². The van der Waals surface area contributed by atoms with Crippen LogP contribution in [0.25, 0.3) is 10.9 Å². The molecule has 4 rings (SSSR count). The van der Waals surface area contributed by atoms with Crippen molar-refractivity contribution >= 4 is 28.4 Å². The Kier molecular flexibility index (Phi) is 5.16. The molecule has 2 heterocycles. The van der Waals surface area contributed by atoms with Gasteiger partial charge in [0.2, 0.25) is 0 Å². The number of carbonyl (C=O) groups excluding carboxylic acids is 1. The molecule has 0 radical (unpaired) electrons. The molecule has 29 heavy (non-hydrogen) atoms. The van der Waals surface area contributed by atoms with Crippen LogP contribution in [0.2, 0.25) is 5.02 Å². The molecular weight excluding hydrogens is 384 g/mol. The van der Waals surface area contributed by atoms with Gasteiger partial charge in [0.25, 0.3) is 5.91 Å². The number of aromatic amines is 1. The van der Waals surface area contributed by atoms with Crippen LogP contribution in [0, 0.1) is 13.8 Å². The standard InChI is InChI=1S/C23H23ClN4O/c1-14-22(15(2)28(3)27-14)23(29)26-13-18(16-8-4-6-10-20(16)24)19-12-25-21-11-7-5-9-17(19)21/h4-12,18,25H,13H2,1-3H3,(H,26,29)/t18-/m1/s1. The van der Waals surface area contributed by atoms with Gasteiger partial charge in [-0.2, -0.15) is 5.10 Å². The van der Waals surface area contributed by atoms with E-state index in [1.54, 1.807) is 4.68 Å². The smallest absolute Gasteiger partial charge is 0.255 e. The fourth-order valence-electron chi connectivity index (χ4n) is 3.91. The Bertz CT molecular complexity index is 1190. The molecule has 2 N–H and O–H groups in total. The SMILES string of the molecule is Cc1nn(C)c(C)c1C(=O)NC[C@H](c1ccccc1Cl)c1c[nH]c2ccccc12. The van der Waals surface area contributed by atoms with Crippen molar-refractivity contribution in [2.24, 2.45) is 7.05 Å². The number of halogens is 1. The van der Waals surface area contributed by atoms with Crippen LogP contribution in [0.1, 0.15) is 38.8 Å². The quantitative estimate of drug-likeness (QED) is 0.503. The molecule has 1 amide bonds. The number of amides is 1. The minimum Gasteiger partial charge on any atom is -0.361 e. The number of nitrogens with one attached hydrogen (secondary N) is 2. The fraction of sp³-hybridized carbons (Fsp3) is 0.217. The molecule has 148 valence electrons. The molecule has 0 bridgehead atoms. The van der Waals surface area contributed by atoms with Gasteiger partial charge in [-0.25, -0.2) is 0 Å². The van der Waals surface area contributed by atoms with Gasteiger partial charge in [0.05, 0.1) is 11.3 Å². The Morgan fingerprint density at radius 1 is 1.14 bits per heavy atom. The predicted octanol–water partition coefficient (Wildman–Crippen LogP) is 4.73. The minimum atomic E-state index is -0.120. The highest BCUT2D eigenvalue weighted by atomic mass is 35.5. The lowest BCUT2D eigenvalue weighted by Crippen LogP contribution is -2.29. The van der Waals surface area contributed by atoms with Crippen molar-refractivity contribution in [1.82, 2.24) is 20.1 Å². The van der Waals surface area contributed by atoms with Gasteiger partial charge in [0.15, 0.2) is 0 Å². The van der Waals surface area contributed by atoms with Crippen LogP contribution in [0.5, 0.6) is 0 Å². The lowest BCUT2D eigenvalue weighted by molar-refractivity contribution is 0.0951. The number of H-pyrrole nitrogens is 1. The molecule has 1 atom stereocenters. The van der Waals surface area contributed by atoms with E-state index >= 15 is 0 Å². The molecule has 0 fully saturated rings. The Morgan fingerprint density at radius 2 is 1.86 bits per heavy atom. The average Bonchev–Trinajstić information content (AvgIpc) is 3.24. The molecule has 6 heteroatoms.